The minimum Gasteiger partial charge on any atom is -0.497 e. The first-order valence-corrected chi connectivity index (χ1v) is 12.7. The molecule has 37 heavy (non-hydrogen) atoms. The Bertz CT molecular complexity index is 1290. The number of fused-ring (bicyclic) bond motifs is 1. The number of ether oxygens (including phenoxy) is 3. The molecule has 0 fully saturated rings. The second-order valence-corrected chi connectivity index (χ2v) is 9.33. The van der Waals surface area contributed by atoms with Crippen LogP contribution < -0.4 is 14.4 Å². The van der Waals surface area contributed by atoms with E-state index in [1.54, 1.807) is 7.11 Å². The quantitative estimate of drug-likeness (QED) is 0.431. The molecule has 0 saturated carbocycles. The molecule has 0 saturated heterocycles. The summed E-state index contributed by atoms with van der Waals surface area (Å²) in [6, 6.07) is 23.2. The summed E-state index contributed by atoms with van der Waals surface area (Å²) in [5.74, 6) is 1.77. The van der Waals surface area contributed by atoms with E-state index >= 15 is 0 Å². The molecule has 1 N–H and O–H groups in total. The Morgan fingerprint density at radius 1 is 1.08 bits per heavy atom. The van der Waals surface area contributed by atoms with Gasteiger partial charge in [-0.2, -0.15) is 0 Å². The number of amides is 1. The monoisotopic (exact) mass is 500 g/mol. The maximum absolute atomic E-state index is 14.3. The Balaban J connectivity index is 1.58. The van der Waals surface area contributed by atoms with E-state index in [-0.39, 0.29) is 12.5 Å². The SMILES string of the molecule is CCCN1C(=O)[C@@]2(Cc3ccccc31)N=C(c1ccc(OCCCO)cc1)O[C@H]2c1cccc(OC)c1. The zero-order valence-electron chi connectivity index (χ0n) is 21.2. The van der Waals surface area contributed by atoms with Crippen LogP contribution in [-0.2, 0) is 16.0 Å². The number of para-hydroxylation sites is 1. The van der Waals surface area contributed by atoms with Crippen LogP contribution in [0.25, 0.3) is 0 Å². The molecule has 2 atom stereocenters. The van der Waals surface area contributed by atoms with E-state index < -0.39 is 11.6 Å². The molecule has 5 rings (SSSR count). The summed E-state index contributed by atoms with van der Waals surface area (Å²) in [6.45, 7) is 3.20. The van der Waals surface area contributed by atoms with Crippen molar-refractivity contribution < 1.29 is 24.1 Å². The molecule has 7 heteroatoms. The van der Waals surface area contributed by atoms with Gasteiger partial charge in [-0.1, -0.05) is 37.3 Å². The number of aliphatic imine (C=N–C) groups is 1. The molecule has 0 aliphatic carbocycles. The van der Waals surface area contributed by atoms with Crippen LogP contribution in [0.15, 0.2) is 77.8 Å². The van der Waals surface area contributed by atoms with E-state index in [1.165, 1.54) is 0 Å². The van der Waals surface area contributed by atoms with Crippen molar-refractivity contribution in [3.63, 3.8) is 0 Å². The fourth-order valence-electron chi connectivity index (χ4n) is 5.08. The molecule has 1 amide bonds. The lowest BCUT2D eigenvalue weighted by Gasteiger charge is -2.40. The van der Waals surface area contributed by atoms with Crippen LogP contribution in [-0.4, -0.2) is 49.3 Å². The molecule has 192 valence electrons. The minimum absolute atomic E-state index is 0.0557. The smallest absolute Gasteiger partial charge is 0.259 e. The Morgan fingerprint density at radius 3 is 2.65 bits per heavy atom. The number of carbonyl (C=O) groups excluding carboxylic acids is 1. The molecule has 0 bridgehead atoms. The fourth-order valence-corrected chi connectivity index (χ4v) is 5.08. The van der Waals surface area contributed by atoms with E-state index in [0.717, 1.165) is 28.8 Å². The van der Waals surface area contributed by atoms with Crippen LogP contribution >= 0.6 is 0 Å². The van der Waals surface area contributed by atoms with Gasteiger partial charge in [-0.05, 0) is 60.0 Å². The first-order valence-electron chi connectivity index (χ1n) is 12.7. The standard InChI is InChI=1S/C30H32N2O5/c1-3-16-32-26-11-5-4-8-23(26)20-30(29(32)34)27(22-9-6-10-25(19-22)35-2)37-28(31-30)21-12-14-24(15-13-21)36-18-7-17-33/h4-6,8-15,19,27,33H,3,7,16-18,20H2,1-2H3/t27-,30-/m0/s1. The molecule has 2 heterocycles. The van der Waals surface area contributed by atoms with Gasteiger partial charge in [0.05, 0.1) is 13.7 Å². The van der Waals surface area contributed by atoms with Gasteiger partial charge < -0.3 is 24.2 Å². The number of nitrogens with zero attached hydrogens (tertiary/aromatic N) is 2. The molecule has 3 aromatic rings. The van der Waals surface area contributed by atoms with Crippen LogP contribution in [0, 0.1) is 0 Å². The number of carbonyl (C=O) groups is 1. The van der Waals surface area contributed by atoms with Crippen LogP contribution in [0.5, 0.6) is 11.5 Å². The van der Waals surface area contributed by atoms with Crippen molar-refractivity contribution in [2.75, 3.05) is 31.8 Å². The van der Waals surface area contributed by atoms with Crippen LogP contribution in [0.4, 0.5) is 5.69 Å². The molecular formula is C30H32N2O5. The van der Waals surface area contributed by atoms with Crippen molar-refractivity contribution >= 4 is 17.5 Å². The molecular weight excluding hydrogens is 468 g/mol. The van der Waals surface area contributed by atoms with E-state index in [0.29, 0.717) is 43.4 Å². The maximum Gasteiger partial charge on any atom is 0.259 e. The molecule has 0 aromatic heterocycles. The maximum atomic E-state index is 14.3. The average Bonchev–Trinajstić information content (AvgIpc) is 3.32. The van der Waals surface area contributed by atoms with E-state index in [4.69, 9.17) is 24.3 Å². The highest BCUT2D eigenvalue weighted by atomic mass is 16.5. The van der Waals surface area contributed by atoms with Gasteiger partial charge in [0.1, 0.15) is 11.5 Å². The zero-order valence-corrected chi connectivity index (χ0v) is 21.2. The number of aliphatic hydroxyl groups is 1. The Kier molecular flexibility index (Phi) is 7.15. The van der Waals surface area contributed by atoms with Gasteiger partial charge in [-0.15, -0.1) is 0 Å². The lowest BCUT2D eigenvalue weighted by atomic mass is 9.78. The molecule has 0 unspecified atom stereocenters. The lowest BCUT2D eigenvalue weighted by Crippen LogP contribution is -2.55. The predicted molar refractivity (Wildman–Crippen MR) is 143 cm³/mol. The minimum atomic E-state index is -1.14. The van der Waals surface area contributed by atoms with Gasteiger partial charge in [-0.25, -0.2) is 4.99 Å². The third kappa shape index (κ3) is 4.67. The number of rotatable bonds is 9. The summed E-state index contributed by atoms with van der Waals surface area (Å²) in [6.07, 6.45) is 1.23. The normalized spacial score (nSPS) is 20.4. The lowest BCUT2D eigenvalue weighted by molar-refractivity contribution is -0.126. The highest BCUT2D eigenvalue weighted by molar-refractivity contribution is 6.08. The highest BCUT2D eigenvalue weighted by Crippen LogP contribution is 2.48. The van der Waals surface area contributed by atoms with Crippen LogP contribution in [0.2, 0.25) is 0 Å². The van der Waals surface area contributed by atoms with E-state index in [2.05, 4.69) is 13.0 Å². The third-order valence-corrected chi connectivity index (χ3v) is 6.84. The Labute approximate surface area is 217 Å². The first-order chi connectivity index (χ1) is 18.1. The second-order valence-electron chi connectivity index (χ2n) is 9.33. The van der Waals surface area contributed by atoms with Gasteiger partial charge in [0.25, 0.3) is 5.91 Å². The van der Waals surface area contributed by atoms with E-state index in [1.807, 2.05) is 71.6 Å². The fraction of sp³-hybridized carbons (Fsp3) is 0.333. The molecule has 2 aliphatic rings. The Hall–Kier alpha value is -3.84. The van der Waals surface area contributed by atoms with Crippen molar-refractivity contribution in [3.8, 4) is 11.5 Å². The number of hydrogen-bond donors (Lipinski definition) is 1. The number of anilines is 1. The summed E-state index contributed by atoms with van der Waals surface area (Å²) in [4.78, 5) is 21.2. The first kappa shape index (κ1) is 24.8. The van der Waals surface area contributed by atoms with Gasteiger partial charge >= 0.3 is 0 Å². The van der Waals surface area contributed by atoms with Crippen molar-refractivity contribution in [2.45, 2.75) is 37.8 Å². The number of aliphatic hydroxyl groups excluding tert-OH is 1. The van der Waals surface area contributed by atoms with Gasteiger partial charge in [-0.3, -0.25) is 4.79 Å². The van der Waals surface area contributed by atoms with Gasteiger partial charge in [0.15, 0.2) is 11.6 Å². The second kappa shape index (κ2) is 10.6. The molecule has 2 aliphatic heterocycles. The summed E-state index contributed by atoms with van der Waals surface area (Å²) >= 11 is 0. The van der Waals surface area contributed by atoms with Crippen molar-refractivity contribution in [2.24, 2.45) is 4.99 Å². The molecule has 1 spiro atoms. The van der Waals surface area contributed by atoms with Crippen LogP contribution in [0.3, 0.4) is 0 Å². The van der Waals surface area contributed by atoms with Crippen LogP contribution in [0.1, 0.15) is 42.6 Å². The highest BCUT2D eigenvalue weighted by Gasteiger charge is 2.57. The summed E-state index contributed by atoms with van der Waals surface area (Å²) in [5, 5.41) is 8.99. The number of hydrogen-bond acceptors (Lipinski definition) is 6. The number of benzene rings is 3. The topological polar surface area (TPSA) is 80.6 Å². The molecule has 7 nitrogen and oxygen atoms in total. The summed E-state index contributed by atoms with van der Waals surface area (Å²) in [5.41, 5.74) is 2.49. The zero-order chi connectivity index (χ0) is 25.8. The van der Waals surface area contributed by atoms with Gasteiger partial charge in [0.2, 0.25) is 5.90 Å². The average molecular weight is 501 g/mol. The molecule has 3 aromatic carbocycles. The summed E-state index contributed by atoms with van der Waals surface area (Å²) < 4.78 is 17.7. The van der Waals surface area contributed by atoms with Crippen molar-refractivity contribution in [1.29, 1.82) is 0 Å². The van der Waals surface area contributed by atoms with Crippen molar-refractivity contribution in [1.82, 2.24) is 0 Å². The van der Waals surface area contributed by atoms with Gasteiger partial charge in [0, 0.05) is 37.2 Å². The Morgan fingerprint density at radius 2 is 1.89 bits per heavy atom. The third-order valence-electron chi connectivity index (χ3n) is 6.84. The largest absolute Gasteiger partial charge is 0.497 e. The molecule has 0 radical (unpaired) electrons. The number of methoxy groups -OCH3 is 1. The predicted octanol–water partition coefficient (Wildman–Crippen LogP) is 4.71. The van der Waals surface area contributed by atoms with E-state index in [9.17, 15) is 4.79 Å². The summed E-state index contributed by atoms with van der Waals surface area (Å²) in [7, 11) is 1.63. The van der Waals surface area contributed by atoms with Crippen molar-refractivity contribution in [3.05, 3.63) is 89.5 Å².